The van der Waals surface area contributed by atoms with Gasteiger partial charge in [0.05, 0.1) is 16.3 Å². The van der Waals surface area contributed by atoms with Crippen LogP contribution in [0.4, 0.5) is 9.59 Å². The number of likely N-dealkylation sites (tertiary alicyclic amines) is 1. The lowest BCUT2D eigenvalue weighted by atomic mass is 9.39. The number of nitrogens with one attached hydrogen (secondary N) is 1. The number of carbonyl (C=O) groups is 2. The van der Waals surface area contributed by atoms with Crippen molar-refractivity contribution in [2.45, 2.75) is 89.0 Å². The number of amides is 2. The number of thiazole rings is 1. The standard InChI is InChI=1S/C31H37N3O4S/c1-20-10-12-24(34(15-20)28(36)38-29(2,3)4)22-11-13-25-23(14-22)32-26(39-25)30-17-31(18-30,19-30)33-27(35)37-16-21-8-6-5-7-9-21/h5-9,11,13-14,20,24H,10,12,15-19H2,1-4H3,(H,33,35)/t20-,24+,30?,31?/m0/s1. The topological polar surface area (TPSA) is 80.8 Å². The van der Waals surface area contributed by atoms with Crippen LogP contribution < -0.4 is 5.32 Å². The van der Waals surface area contributed by atoms with Gasteiger partial charge < -0.3 is 19.7 Å². The van der Waals surface area contributed by atoms with Gasteiger partial charge in [0.25, 0.3) is 0 Å². The molecule has 7 rings (SSSR count). The summed E-state index contributed by atoms with van der Waals surface area (Å²) in [6.07, 6.45) is 4.11. The summed E-state index contributed by atoms with van der Waals surface area (Å²) < 4.78 is 12.4. The van der Waals surface area contributed by atoms with Gasteiger partial charge >= 0.3 is 12.2 Å². The van der Waals surface area contributed by atoms with E-state index in [1.165, 1.54) is 0 Å². The number of carbonyl (C=O) groups excluding carboxylic acids is 2. The van der Waals surface area contributed by atoms with Gasteiger partial charge in [0.15, 0.2) is 0 Å². The van der Waals surface area contributed by atoms with Crippen LogP contribution in [0, 0.1) is 5.92 Å². The van der Waals surface area contributed by atoms with E-state index in [2.05, 4.69) is 30.4 Å². The summed E-state index contributed by atoms with van der Waals surface area (Å²) >= 11 is 1.75. The number of aromatic nitrogens is 1. The van der Waals surface area contributed by atoms with E-state index in [0.717, 1.165) is 58.5 Å². The molecule has 2 amide bonds. The third kappa shape index (κ3) is 5.11. The predicted molar refractivity (Wildman–Crippen MR) is 152 cm³/mol. The number of alkyl carbamates (subject to hydrolysis) is 1. The number of ether oxygens (including phenoxy) is 2. The fraction of sp³-hybridized carbons (Fsp3) is 0.516. The van der Waals surface area contributed by atoms with Crippen molar-refractivity contribution < 1.29 is 19.1 Å². The van der Waals surface area contributed by atoms with Crippen molar-refractivity contribution in [2.24, 2.45) is 5.92 Å². The summed E-state index contributed by atoms with van der Waals surface area (Å²) in [4.78, 5) is 32.4. The molecule has 8 heteroatoms. The van der Waals surface area contributed by atoms with Crippen molar-refractivity contribution in [2.75, 3.05) is 6.54 Å². The number of nitrogens with zero attached hydrogens (tertiary/aromatic N) is 2. The molecule has 0 radical (unpaired) electrons. The molecule has 1 N–H and O–H groups in total. The Bertz CT molecular complexity index is 1380. The van der Waals surface area contributed by atoms with Crippen LogP contribution in [-0.4, -0.2) is 39.8 Å². The number of hydrogen-bond donors (Lipinski definition) is 1. The zero-order valence-corrected chi connectivity index (χ0v) is 24.0. The van der Waals surface area contributed by atoms with E-state index in [1.54, 1.807) is 11.3 Å². The van der Waals surface area contributed by atoms with Gasteiger partial charge in [-0.2, -0.15) is 0 Å². The summed E-state index contributed by atoms with van der Waals surface area (Å²) in [5.74, 6) is 0.448. The Morgan fingerprint density at radius 2 is 1.85 bits per heavy atom. The lowest BCUT2D eigenvalue weighted by Gasteiger charge is -2.69. The van der Waals surface area contributed by atoms with Crippen molar-refractivity contribution in [3.05, 3.63) is 64.7 Å². The molecule has 3 aliphatic carbocycles. The third-order valence-corrected chi connectivity index (χ3v) is 9.59. The lowest BCUT2D eigenvalue weighted by molar-refractivity contribution is -0.0844. The van der Waals surface area contributed by atoms with Crippen LogP contribution in [0.15, 0.2) is 48.5 Å². The van der Waals surface area contributed by atoms with Gasteiger partial charge in [-0.15, -0.1) is 11.3 Å². The molecule has 2 atom stereocenters. The number of piperidine rings is 1. The monoisotopic (exact) mass is 547 g/mol. The highest BCUT2D eigenvalue weighted by atomic mass is 32.1. The molecule has 1 saturated heterocycles. The second kappa shape index (κ2) is 9.51. The van der Waals surface area contributed by atoms with Gasteiger partial charge in [0.1, 0.15) is 17.2 Å². The van der Waals surface area contributed by atoms with Crippen LogP contribution in [-0.2, 0) is 21.5 Å². The summed E-state index contributed by atoms with van der Waals surface area (Å²) in [6, 6.07) is 16.2. The molecular formula is C31H37N3O4S. The first-order chi connectivity index (χ1) is 18.5. The molecule has 4 fully saturated rings. The van der Waals surface area contributed by atoms with E-state index in [4.69, 9.17) is 14.5 Å². The maximum Gasteiger partial charge on any atom is 0.410 e. The number of hydrogen-bond acceptors (Lipinski definition) is 6. The summed E-state index contributed by atoms with van der Waals surface area (Å²) in [5, 5.41) is 4.26. The average Bonchev–Trinajstić information content (AvgIpc) is 3.26. The second-order valence-electron chi connectivity index (χ2n) is 12.9. The van der Waals surface area contributed by atoms with Crippen molar-refractivity contribution in [3.63, 3.8) is 0 Å². The average molecular weight is 548 g/mol. The van der Waals surface area contributed by atoms with Crippen LogP contribution in [0.25, 0.3) is 10.2 Å². The highest BCUT2D eigenvalue weighted by Crippen LogP contribution is 2.68. The molecular weight excluding hydrogens is 510 g/mol. The third-order valence-electron chi connectivity index (χ3n) is 8.31. The van der Waals surface area contributed by atoms with Crippen molar-refractivity contribution in [1.82, 2.24) is 15.2 Å². The molecule has 0 unspecified atom stereocenters. The predicted octanol–water partition coefficient (Wildman–Crippen LogP) is 7.10. The summed E-state index contributed by atoms with van der Waals surface area (Å²) in [7, 11) is 0. The first-order valence-corrected chi connectivity index (χ1v) is 14.7. The van der Waals surface area contributed by atoms with Gasteiger partial charge in [0.2, 0.25) is 0 Å². The molecule has 3 aromatic rings. The van der Waals surface area contributed by atoms with E-state index in [1.807, 2.05) is 56.0 Å². The second-order valence-corrected chi connectivity index (χ2v) is 13.9. The van der Waals surface area contributed by atoms with Crippen LogP contribution in [0.1, 0.15) is 82.0 Å². The molecule has 3 saturated carbocycles. The first kappa shape index (κ1) is 26.1. The van der Waals surface area contributed by atoms with Crippen molar-refractivity contribution in [3.8, 4) is 0 Å². The molecule has 7 nitrogen and oxygen atoms in total. The van der Waals surface area contributed by atoms with Gasteiger partial charge in [-0.1, -0.05) is 43.3 Å². The Kier molecular flexibility index (Phi) is 6.36. The smallest absolute Gasteiger partial charge is 0.410 e. The summed E-state index contributed by atoms with van der Waals surface area (Å²) in [5.41, 5.74) is 2.46. The molecule has 2 heterocycles. The quantitative estimate of drug-likeness (QED) is 0.368. The number of fused-ring (bicyclic) bond motifs is 1. The zero-order valence-electron chi connectivity index (χ0n) is 23.2. The molecule has 1 aliphatic heterocycles. The largest absolute Gasteiger partial charge is 0.445 e. The highest BCUT2D eigenvalue weighted by molar-refractivity contribution is 7.18. The lowest BCUT2D eigenvalue weighted by Crippen LogP contribution is -2.76. The van der Waals surface area contributed by atoms with E-state index >= 15 is 0 Å². The molecule has 1 aromatic heterocycles. The van der Waals surface area contributed by atoms with E-state index in [-0.39, 0.29) is 35.8 Å². The van der Waals surface area contributed by atoms with E-state index < -0.39 is 5.60 Å². The Balaban J connectivity index is 1.11. The minimum Gasteiger partial charge on any atom is -0.445 e. The zero-order chi connectivity index (χ0) is 27.4. The maximum absolute atomic E-state index is 13.1. The molecule has 0 spiro atoms. The Hall–Kier alpha value is -3.13. The van der Waals surface area contributed by atoms with Gasteiger partial charge in [-0.05, 0) is 82.1 Å². The van der Waals surface area contributed by atoms with Gasteiger partial charge in [-0.3, -0.25) is 0 Å². The summed E-state index contributed by atoms with van der Waals surface area (Å²) in [6.45, 7) is 8.90. The minimum atomic E-state index is -0.524. The van der Waals surface area contributed by atoms with E-state index in [9.17, 15) is 9.59 Å². The Labute approximate surface area is 233 Å². The van der Waals surface area contributed by atoms with Gasteiger partial charge in [-0.25, -0.2) is 14.6 Å². The van der Waals surface area contributed by atoms with Crippen molar-refractivity contribution in [1.29, 1.82) is 0 Å². The number of rotatable bonds is 5. The SMILES string of the molecule is C[C@H]1CC[C@H](c2ccc3sc(C45CC(NC(=O)OCc6ccccc6)(C4)C5)nc3c2)N(C(=O)OC(C)(C)C)C1. The van der Waals surface area contributed by atoms with Crippen LogP contribution in [0.3, 0.4) is 0 Å². The molecule has 39 heavy (non-hydrogen) atoms. The Morgan fingerprint density at radius 3 is 2.56 bits per heavy atom. The highest BCUT2D eigenvalue weighted by Gasteiger charge is 2.70. The molecule has 2 bridgehead atoms. The van der Waals surface area contributed by atoms with Crippen LogP contribution in [0.2, 0.25) is 0 Å². The van der Waals surface area contributed by atoms with Crippen LogP contribution in [0.5, 0.6) is 0 Å². The molecule has 206 valence electrons. The Morgan fingerprint density at radius 1 is 1.10 bits per heavy atom. The number of benzene rings is 2. The van der Waals surface area contributed by atoms with Crippen molar-refractivity contribution >= 4 is 33.7 Å². The normalized spacial score (nSPS) is 27.8. The fourth-order valence-corrected chi connectivity index (χ4v) is 7.65. The van der Waals surface area contributed by atoms with E-state index in [0.29, 0.717) is 12.5 Å². The van der Waals surface area contributed by atoms with Gasteiger partial charge in [0, 0.05) is 17.5 Å². The first-order valence-electron chi connectivity index (χ1n) is 13.9. The minimum absolute atomic E-state index is 0.00471. The van der Waals surface area contributed by atoms with Crippen LogP contribution >= 0.6 is 11.3 Å². The maximum atomic E-state index is 13.1. The molecule has 4 aliphatic rings. The fourth-order valence-electron chi connectivity index (χ4n) is 6.52. The molecule has 2 aromatic carbocycles.